The molecule has 0 bridgehead atoms. The van der Waals surface area contributed by atoms with Crippen molar-refractivity contribution in [1.82, 2.24) is 0 Å². The summed E-state index contributed by atoms with van der Waals surface area (Å²) in [5.74, 6) is 0. The van der Waals surface area contributed by atoms with Gasteiger partial charge in [0.05, 0.1) is 0 Å². The average molecular weight is 178 g/mol. The predicted octanol–water partition coefficient (Wildman–Crippen LogP) is 2.47. The van der Waals surface area contributed by atoms with Crippen LogP contribution in [0.4, 0.5) is 0 Å². The number of hydrogen-bond acceptors (Lipinski definition) is 1. The molecule has 0 aromatic carbocycles. The fourth-order valence-electron chi connectivity index (χ4n) is 0.200. The van der Waals surface area contributed by atoms with Gasteiger partial charge in [-0.25, -0.2) is 0 Å². The lowest BCUT2D eigenvalue weighted by Gasteiger charge is -2.09. The van der Waals surface area contributed by atoms with E-state index in [2.05, 4.69) is 26.0 Å². The van der Waals surface area contributed by atoms with Crippen LogP contribution in [0.1, 0.15) is 13.8 Å². The highest BCUT2D eigenvalue weighted by atomic mass is 79.9. The van der Waals surface area contributed by atoms with Crippen LogP contribution in [-0.2, 0) is 0 Å². The molecule has 0 aliphatic heterocycles. The van der Waals surface area contributed by atoms with Gasteiger partial charge in [0.1, 0.15) is 0 Å². The van der Waals surface area contributed by atoms with Crippen LogP contribution in [-0.4, -0.2) is 10.9 Å². The third-order valence-corrected chi connectivity index (χ3v) is 0.761. The molecule has 0 rings (SSSR count). The summed E-state index contributed by atoms with van der Waals surface area (Å²) in [5, 5.41) is 3.38. The van der Waals surface area contributed by atoms with E-state index in [9.17, 15) is 0 Å². The summed E-state index contributed by atoms with van der Waals surface area (Å²) in [5.41, 5.74) is 7.87. The SMILES string of the molecule is CC(C)(Br)CN=[N+]=[N-]. The quantitative estimate of drug-likeness (QED) is 0.270. The van der Waals surface area contributed by atoms with Crippen LogP contribution in [0.3, 0.4) is 0 Å². The number of alkyl halides is 1. The highest BCUT2D eigenvalue weighted by molar-refractivity contribution is 9.10. The van der Waals surface area contributed by atoms with Crippen LogP contribution < -0.4 is 0 Å². The monoisotopic (exact) mass is 177 g/mol. The maximum Gasteiger partial charge on any atom is 0.0406 e. The minimum absolute atomic E-state index is 0.0563. The molecule has 0 unspecified atom stereocenters. The van der Waals surface area contributed by atoms with Crippen LogP contribution in [0.2, 0.25) is 0 Å². The molecule has 0 aromatic rings. The van der Waals surface area contributed by atoms with Crippen molar-refractivity contribution in [2.24, 2.45) is 5.11 Å². The number of halogens is 1. The molecule has 0 saturated heterocycles. The Kier molecular flexibility index (Phi) is 2.87. The largest absolute Gasteiger partial charge is 0.0926 e. The molecule has 8 heavy (non-hydrogen) atoms. The van der Waals surface area contributed by atoms with Gasteiger partial charge >= 0.3 is 0 Å². The van der Waals surface area contributed by atoms with Crippen molar-refractivity contribution in [2.75, 3.05) is 6.54 Å². The Balaban J connectivity index is 3.55. The second-order valence-electron chi connectivity index (χ2n) is 2.11. The van der Waals surface area contributed by atoms with Gasteiger partial charge in [-0.1, -0.05) is 21.0 Å². The van der Waals surface area contributed by atoms with Crippen molar-refractivity contribution < 1.29 is 0 Å². The number of hydrogen-bond donors (Lipinski definition) is 0. The number of azide groups is 1. The molecule has 3 nitrogen and oxygen atoms in total. The van der Waals surface area contributed by atoms with Crippen LogP contribution in [0.15, 0.2) is 5.11 Å². The second-order valence-corrected chi connectivity index (χ2v) is 4.25. The Bertz CT molecular complexity index is 109. The van der Waals surface area contributed by atoms with E-state index >= 15 is 0 Å². The normalized spacial score (nSPS) is 10.4. The van der Waals surface area contributed by atoms with Crippen LogP contribution in [0, 0.1) is 0 Å². The first-order chi connectivity index (χ1) is 3.56. The molecule has 4 heteroatoms. The highest BCUT2D eigenvalue weighted by Crippen LogP contribution is 2.15. The third-order valence-electron chi connectivity index (χ3n) is 0.510. The summed E-state index contributed by atoms with van der Waals surface area (Å²) >= 11 is 3.31. The molecule has 0 aliphatic carbocycles. The molecule has 0 aromatic heterocycles. The van der Waals surface area contributed by atoms with E-state index < -0.39 is 0 Å². The lowest BCUT2D eigenvalue weighted by molar-refractivity contribution is 0.736. The summed E-state index contributed by atoms with van der Waals surface area (Å²) in [7, 11) is 0. The van der Waals surface area contributed by atoms with Crippen LogP contribution >= 0.6 is 15.9 Å². The van der Waals surface area contributed by atoms with Crippen molar-refractivity contribution in [1.29, 1.82) is 0 Å². The van der Waals surface area contributed by atoms with Crippen LogP contribution in [0.25, 0.3) is 10.4 Å². The maximum atomic E-state index is 7.87. The molecule has 0 amide bonds. The standard InChI is InChI=1S/C4H8BrN3/c1-4(2,5)3-7-8-6/h3H2,1-2H3. The number of nitrogens with zero attached hydrogens (tertiary/aromatic N) is 3. The minimum atomic E-state index is -0.0563. The van der Waals surface area contributed by atoms with Gasteiger partial charge in [-0.15, -0.1) is 0 Å². The van der Waals surface area contributed by atoms with Crippen molar-refractivity contribution in [3.05, 3.63) is 10.4 Å². The molecule has 0 atom stereocenters. The summed E-state index contributed by atoms with van der Waals surface area (Å²) < 4.78 is -0.0563. The number of rotatable bonds is 2. The fourth-order valence-corrected chi connectivity index (χ4v) is 0.312. The second kappa shape index (κ2) is 2.95. The van der Waals surface area contributed by atoms with Crippen molar-refractivity contribution in [3.8, 4) is 0 Å². The van der Waals surface area contributed by atoms with Crippen molar-refractivity contribution in [3.63, 3.8) is 0 Å². The van der Waals surface area contributed by atoms with Gasteiger partial charge in [0.2, 0.25) is 0 Å². The topological polar surface area (TPSA) is 48.8 Å². The smallest absolute Gasteiger partial charge is 0.0406 e. The van der Waals surface area contributed by atoms with E-state index in [4.69, 9.17) is 5.53 Å². The zero-order valence-corrected chi connectivity index (χ0v) is 6.51. The van der Waals surface area contributed by atoms with Gasteiger partial charge in [0, 0.05) is 15.8 Å². The first kappa shape index (κ1) is 7.79. The Hall–Kier alpha value is -0.210. The molecular formula is C4H8BrN3. The van der Waals surface area contributed by atoms with E-state index in [1.807, 2.05) is 13.8 Å². The Morgan fingerprint density at radius 1 is 1.75 bits per heavy atom. The molecule has 0 saturated carbocycles. The van der Waals surface area contributed by atoms with E-state index in [1.54, 1.807) is 0 Å². The molecule has 0 fully saturated rings. The predicted molar refractivity (Wildman–Crippen MR) is 37.0 cm³/mol. The molecule has 0 aliphatic rings. The molecular weight excluding hydrogens is 170 g/mol. The van der Waals surface area contributed by atoms with Crippen molar-refractivity contribution >= 4 is 15.9 Å². The first-order valence-corrected chi connectivity index (χ1v) is 3.05. The maximum absolute atomic E-state index is 7.87. The lowest BCUT2D eigenvalue weighted by atomic mass is 10.2. The zero-order chi connectivity index (χ0) is 6.62. The van der Waals surface area contributed by atoms with E-state index in [0.29, 0.717) is 6.54 Å². The van der Waals surface area contributed by atoms with Crippen LogP contribution in [0.5, 0.6) is 0 Å². The van der Waals surface area contributed by atoms with Gasteiger partial charge in [-0.3, -0.25) is 0 Å². The van der Waals surface area contributed by atoms with E-state index in [-0.39, 0.29) is 4.32 Å². The Labute approximate surface area is 56.8 Å². The molecule has 0 N–H and O–H groups in total. The molecule has 0 heterocycles. The first-order valence-electron chi connectivity index (χ1n) is 2.26. The lowest BCUT2D eigenvalue weighted by Crippen LogP contribution is -2.12. The average Bonchev–Trinajstić information content (AvgIpc) is 1.59. The Morgan fingerprint density at radius 2 is 2.25 bits per heavy atom. The molecule has 46 valence electrons. The summed E-state index contributed by atoms with van der Waals surface area (Å²) in [6, 6.07) is 0. The summed E-state index contributed by atoms with van der Waals surface area (Å²) in [4.78, 5) is 2.62. The van der Waals surface area contributed by atoms with Gasteiger partial charge < -0.3 is 0 Å². The molecule has 0 radical (unpaired) electrons. The van der Waals surface area contributed by atoms with E-state index in [1.165, 1.54) is 0 Å². The fraction of sp³-hybridized carbons (Fsp3) is 1.00. The minimum Gasteiger partial charge on any atom is -0.0926 e. The van der Waals surface area contributed by atoms with E-state index in [0.717, 1.165) is 0 Å². The molecule has 0 spiro atoms. The third kappa shape index (κ3) is 5.79. The van der Waals surface area contributed by atoms with Gasteiger partial charge in [0.25, 0.3) is 0 Å². The van der Waals surface area contributed by atoms with Gasteiger partial charge in [-0.2, -0.15) is 0 Å². The highest BCUT2D eigenvalue weighted by Gasteiger charge is 2.09. The van der Waals surface area contributed by atoms with Crippen molar-refractivity contribution in [2.45, 2.75) is 18.2 Å². The van der Waals surface area contributed by atoms with Gasteiger partial charge in [-0.05, 0) is 19.4 Å². The summed E-state index contributed by atoms with van der Waals surface area (Å²) in [6.45, 7) is 4.38. The Morgan fingerprint density at radius 3 is 2.38 bits per heavy atom. The van der Waals surface area contributed by atoms with Gasteiger partial charge in [0.15, 0.2) is 0 Å². The zero-order valence-electron chi connectivity index (χ0n) is 4.93. The summed E-state index contributed by atoms with van der Waals surface area (Å²) in [6.07, 6.45) is 0.